The molecule has 1 fully saturated rings. The van der Waals surface area contributed by atoms with E-state index in [1.54, 1.807) is 23.9 Å². The van der Waals surface area contributed by atoms with Crippen LogP contribution in [0.5, 0.6) is 0 Å². The lowest BCUT2D eigenvalue weighted by molar-refractivity contribution is 0.378. The summed E-state index contributed by atoms with van der Waals surface area (Å²) in [5, 5.41) is 0.570. The fraction of sp³-hybridized carbons (Fsp3) is 0.538. The van der Waals surface area contributed by atoms with Gasteiger partial charge in [-0.25, -0.2) is 4.39 Å². The van der Waals surface area contributed by atoms with Gasteiger partial charge in [0.15, 0.2) is 0 Å². The molecule has 2 atom stereocenters. The van der Waals surface area contributed by atoms with Crippen molar-refractivity contribution in [2.45, 2.75) is 35.8 Å². The standard InChI is InChI=1S/C13H18FNS/c14-11-5-3-6-12(8-11)16-13-7-2-1-4-10(13)9-15/h3,5-6,8,10,13H,1-2,4,7,9,15H2. The number of benzene rings is 1. The van der Waals surface area contributed by atoms with E-state index in [1.807, 2.05) is 6.07 Å². The summed E-state index contributed by atoms with van der Waals surface area (Å²) >= 11 is 1.79. The van der Waals surface area contributed by atoms with Gasteiger partial charge in [-0.1, -0.05) is 18.9 Å². The molecule has 1 aliphatic carbocycles. The summed E-state index contributed by atoms with van der Waals surface area (Å²) in [6.07, 6.45) is 5.01. The van der Waals surface area contributed by atoms with Crippen LogP contribution in [0.1, 0.15) is 25.7 Å². The van der Waals surface area contributed by atoms with E-state index in [4.69, 9.17) is 5.73 Å². The lowest BCUT2D eigenvalue weighted by Crippen LogP contribution is -2.28. The molecule has 1 aromatic rings. The van der Waals surface area contributed by atoms with Gasteiger partial charge in [0.05, 0.1) is 0 Å². The third-order valence-electron chi connectivity index (χ3n) is 3.23. The first-order valence-electron chi connectivity index (χ1n) is 5.92. The van der Waals surface area contributed by atoms with Crippen LogP contribution in [0.3, 0.4) is 0 Å². The molecule has 2 rings (SSSR count). The Labute approximate surface area is 101 Å². The average Bonchev–Trinajstić information content (AvgIpc) is 2.30. The molecule has 3 heteroatoms. The fourth-order valence-corrected chi connectivity index (χ4v) is 3.73. The van der Waals surface area contributed by atoms with E-state index in [2.05, 4.69) is 0 Å². The van der Waals surface area contributed by atoms with Gasteiger partial charge < -0.3 is 5.73 Å². The van der Waals surface area contributed by atoms with Gasteiger partial charge in [0, 0.05) is 10.1 Å². The molecule has 1 aliphatic rings. The van der Waals surface area contributed by atoms with Crippen molar-refractivity contribution in [2.75, 3.05) is 6.54 Å². The van der Waals surface area contributed by atoms with Crippen LogP contribution in [0.15, 0.2) is 29.2 Å². The van der Waals surface area contributed by atoms with Crippen LogP contribution in [0.25, 0.3) is 0 Å². The highest BCUT2D eigenvalue weighted by Gasteiger charge is 2.24. The quantitative estimate of drug-likeness (QED) is 0.874. The van der Waals surface area contributed by atoms with Gasteiger partial charge in [-0.05, 0) is 43.5 Å². The number of hydrogen-bond donors (Lipinski definition) is 1. The lowest BCUT2D eigenvalue weighted by atomic mass is 9.89. The minimum atomic E-state index is -0.148. The summed E-state index contributed by atoms with van der Waals surface area (Å²) < 4.78 is 13.1. The minimum Gasteiger partial charge on any atom is -0.330 e. The van der Waals surface area contributed by atoms with Crippen molar-refractivity contribution < 1.29 is 4.39 Å². The molecule has 0 spiro atoms. The maximum absolute atomic E-state index is 13.1. The topological polar surface area (TPSA) is 26.0 Å². The Kier molecular flexibility index (Phi) is 4.24. The van der Waals surface area contributed by atoms with Crippen LogP contribution in [-0.2, 0) is 0 Å². The summed E-state index contributed by atoms with van der Waals surface area (Å²) in [5.74, 6) is 0.451. The first-order chi connectivity index (χ1) is 7.79. The maximum atomic E-state index is 13.1. The highest BCUT2D eigenvalue weighted by molar-refractivity contribution is 8.00. The molecule has 0 saturated heterocycles. The predicted octanol–water partition coefficient (Wildman–Crippen LogP) is 3.44. The Bertz CT molecular complexity index is 342. The summed E-state index contributed by atoms with van der Waals surface area (Å²) in [6, 6.07) is 6.87. The first-order valence-corrected chi connectivity index (χ1v) is 6.80. The zero-order chi connectivity index (χ0) is 11.4. The van der Waals surface area contributed by atoms with Crippen molar-refractivity contribution in [1.82, 2.24) is 0 Å². The van der Waals surface area contributed by atoms with Gasteiger partial charge >= 0.3 is 0 Å². The molecule has 0 heterocycles. The molecule has 0 radical (unpaired) electrons. The molecule has 1 aromatic carbocycles. The largest absolute Gasteiger partial charge is 0.330 e. The maximum Gasteiger partial charge on any atom is 0.124 e. The lowest BCUT2D eigenvalue weighted by Gasteiger charge is -2.30. The molecule has 0 bridgehead atoms. The van der Waals surface area contributed by atoms with Gasteiger partial charge in [0.25, 0.3) is 0 Å². The van der Waals surface area contributed by atoms with Crippen molar-refractivity contribution in [3.63, 3.8) is 0 Å². The summed E-state index contributed by atoms with van der Waals surface area (Å²) in [4.78, 5) is 1.03. The summed E-state index contributed by atoms with van der Waals surface area (Å²) in [5.41, 5.74) is 5.79. The van der Waals surface area contributed by atoms with Crippen LogP contribution in [0, 0.1) is 11.7 Å². The first kappa shape index (κ1) is 11.9. The van der Waals surface area contributed by atoms with E-state index < -0.39 is 0 Å². The Morgan fingerprint density at radius 3 is 2.88 bits per heavy atom. The number of nitrogens with two attached hydrogens (primary N) is 1. The number of hydrogen-bond acceptors (Lipinski definition) is 2. The molecular weight excluding hydrogens is 221 g/mol. The van der Waals surface area contributed by atoms with Crippen LogP contribution in [0.4, 0.5) is 4.39 Å². The van der Waals surface area contributed by atoms with Gasteiger partial charge in [-0.15, -0.1) is 11.8 Å². The van der Waals surface area contributed by atoms with Crippen LogP contribution in [0.2, 0.25) is 0 Å². The smallest absolute Gasteiger partial charge is 0.124 e. The SMILES string of the molecule is NCC1CCCCC1Sc1cccc(F)c1. The van der Waals surface area contributed by atoms with Crippen molar-refractivity contribution in [2.24, 2.45) is 11.7 Å². The predicted molar refractivity (Wildman–Crippen MR) is 67.1 cm³/mol. The van der Waals surface area contributed by atoms with E-state index in [1.165, 1.54) is 31.7 Å². The third kappa shape index (κ3) is 2.98. The minimum absolute atomic E-state index is 0.148. The Hall–Kier alpha value is -0.540. The van der Waals surface area contributed by atoms with Crippen LogP contribution in [-0.4, -0.2) is 11.8 Å². The van der Waals surface area contributed by atoms with E-state index in [9.17, 15) is 4.39 Å². The Morgan fingerprint density at radius 1 is 1.31 bits per heavy atom. The summed E-state index contributed by atoms with van der Waals surface area (Å²) in [6.45, 7) is 0.757. The van der Waals surface area contributed by atoms with Gasteiger partial charge in [-0.3, -0.25) is 0 Å². The van der Waals surface area contributed by atoms with E-state index in [0.29, 0.717) is 11.2 Å². The number of halogens is 1. The van der Waals surface area contributed by atoms with Gasteiger partial charge in [0.1, 0.15) is 5.82 Å². The van der Waals surface area contributed by atoms with Crippen molar-refractivity contribution in [3.05, 3.63) is 30.1 Å². The fourth-order valence-electron chi connectivity index (χ4n) is 2.31. The monoisotopic (exact) mass is 239 g/mol. The Balaban J connectivity index is 2.02. The van der Waals surface area contributed by atoms with Crippen LogP contribution < -0.4 is 5.73 Å². The second kappa shape index (κ2) is 5.69. The highest BCUT2D eigenvalue weighted by atomic mass is 32.2. The molecule has 1 nitrogen and oxygen atoms in total. The van der Waals surface area contributed by atoms with Crippen molar-refractivity contribution >= 4 is 11.8 Å². The van der Waals surface area contributed by atoms with E-state index in [-0.39, 0.29) is 5.82 Å². The van der Waals surface area contributed by atoms with Crippen molar-refractivity contribution in [3.8, 4) is 0 Å². The molecule has 88 valence electrons. The average molecular weight is 239 g/mol. The highest BCUT2D eigenvalue weighted by Crippen LogP contribution is 2.37. The second-order valence-electron chi connectivity index (χ2n) is 4.39. The van der Waals surface area contributed by atoms with Gasteiger partial charge in [-0.2, -0.15) is 0 Å². The molecule has 1 saturated carbocycles. The van der Waals surface area contributed by atoms with E-state index >= 15 is 0 Å². The Morgan fingerprint density at radius 2 is 2.12 bits per heavy atom. The number of thioether (sulfide) groups is 1. The molecule has 2 unspecified atom stereocenters. The molecule has 0 aromatic heterocycles. The molecule has 0 amide bonds. The molecule has 16 heavy (non-hydrogen) atoms. The molecule has 0 aliphatic heterocycles. The summed E-state index contributed by atoms with van der Waals surface area (Å²) in [7, 11) is 0. The van der Waals surface area contributed by atoms with E-state index in [0.717, 1.165) is 11.4 Å². The molecular formula is C13H18FNS. The normalized spacial score (nSPS) is 25.6. The second-order valence-corrected chi connectivity index (χ2v) is 5.71. The van der Waals surface area contributed by atoms with Gasteiger partial charge in [0.2, 0.25) is 0 Å². The zero-order valence-corrected chi connectivity index (χ0v) is 10.2. The third-order valence-corrected chi connectivity index (χ3v) is 4.68. The zero-order valence-electron chi connectivity index (χ0n) is 9.36. The van der Waals surface area contributed by atoms with Crippen LogP contribution >= 0.6 is 11.8 Å². The molecule has 2 N–H and O–H groups in total. The number of rotatable bonds is 3. The van der Waals surface area contributed by atoms with Crippen molar-refractivity contribution in [1.29, 1.82) is 0 Å².